The standard InChI is InChI=1S/C13H20N4S/c1-3-4-6-10-15-13(18)17-16-11(2)12-8-5-7-9-14-12/h5,7-9H,3-4,6,10H2,1-2H3,(H2,15,17,18)/b16-11+. The molecule has 0 aromatic carbocycles. The molecule has 1 aromatic heterocycles. The summed E-state index contributed by atoms with van der Waals surface area (Å²) in [5.41, 5.74) is 4.49. The van der Waals surface area contributed by atoms with Gasteiger partial charge in [0.25, 0.3) is 0 Å². The molecule has 0 bridgehead atoms. The molecule has 0 radical (unpaired) electrons. The number of rotatable bonds is 6. The number of nitrogens with one attached hydrogen (secondary N) is 2. The Kier molecular flexibility index (Phi) is 6.94. The van der Waals surface area contributed by atoms with Gasteiger partial charge >= 0.3 is 0 Å². The molecule has 1 heterocycles. The van der Waals surface area contributed by atoms with Crippen LogP contribution in [0.1, 0.15) is 38.8 Å². The number of thiocarbonyl (C=S) groups is 1. The molecule has 0 aliphatic carbocycles. The summed E-state index contributed by atoms with van der Waals surface area (Å²) in [4.78, 5) is 4.21. The van der Waals surface area contributed by atoms with Crippen LogP contribution < -0.4 is 10.7 Å². The molecule has 0 fully saturated rings. The first kappa shape index (κ1) is 14.6. The van der Waals surface area contributed by atoms with E-state index in [4.69, 9.17) is 12.2 Å². The Morgan fingerprint density at radius 2 is 2.22 bits per heavy atom. The summed E-state index contributed by atoms with van der Waals surface area (Å²) in [6, 6.07) is 5.73. The van der Waals surface area contributed by atoms with E-state index in [9.17, 15) is 0 Å². The van der Waals surface area contributed by atoms with Crippen molar-refractivity contribution in [1.29, 1.82) is 0 Å². The van der Waals surface area contributed by atoms with E-state index in [2.05, 4.69) is 27.8 Å². The van der Waals surface area contributed by atoms with Crippen molar-refractivity contribution >= 4 is 23.0 Å². The van der Waals surface area contributed by atoms with Gasteiger partial charge in [0, 0.05) is 12.7 Å². The van der Waals surface area contributed by atoms with Gasteiger partial charge in [0.05, 0.1) is 11.4 Å². The molecular formula is C13H20N4S. The zero-order valence-electron chi connectivity index (χ0n) is 10.9. The summed E-state index contributed by atoms with van der Waals surface area (Å²) < 4.78 is 0. The molecule has 0 saturated carbocycles. The molecule has 0 spiro atoms. The topological polar surface area (TPSA) is 49.3 Å². The highest BCUT2D eigenvalue weighted by atomic mass is 32.1. The minimum absolute atomic E-state index is 0.557. The van der Waals surface area contributed by atoms with E-state index >= 15 is 0 Å². The van der Waals surface area contributed by atoms with Gasteiger partial charge in [-0.1, -0.05) is 25.8 Å². The van der Waals surface area contributed by atoms with Gasteiger partial charge in [-0.05, 0) is 37.7 Å². The average Bonchev–Trinajstić information content (AvgIpc) is 2.42. The Morgan fingerprint density at radius 3 is 2.89 bits per heavy atom. The molecule has 0 saturated heterocycles. The van der Waals surface area contributed by atoms with Crippen LogP contribution in [0.15, 0.2) is 29.5 Å². The second-order valence-electron chi connectivity index (χ2n) is 3.99. The molecule has 18 heavy (non-hydrogen) atoms. The van der Waals surface area contributed by atoms with E-state index in [1.165, 1.54) is 12.8 Å². The summed E-state index contributed by atoms with van der Waals surface area (Å²) in [6.07, 6.45) is 5.29. The second-order valence-corrected chi connectivity index (χ2v) is 4.40. The summed E-state index contributed by atoms with van der Waals surface area (Å²) in [5.74, 6) is 0. The molecular weight excluding hydrogens is 244 g/mol. The van der Waals surface area contributed by atoms with Gasteiger partial charge in [-0.15, -0.1) is 0 Å². The lowest BCUT2D eigenvalue weighted by Gasteiger charge is -2.07. The number of nitrogens with zero attached hydrogens (tertiary/aromatic N) is 2. The zero-order valence-corrected chi connectivity index (χ0v) is 11.8. The van der Waals surface area contributed by atoms with E-state index in [1.54, 1.807) is 6.20 Å². The lowest BCUT2D eigenvalue weighted by atomic mass is 10.2. The van der Waals surface area contributed by atoms with Crippen LogP contribution in [0.25, 0.3) is 0 Å². The number of aromatic nitrogens is 1. The molecule has 0 amide bonds. The van der Waals surface area contributed by atoms with Crippen molar-refractivity contribution in [2.75, 3.05) is 6.54 Å². The first-order chi connectivity index (χ1) is 8.74. The summed E-state index contributed by atoms with van der Waals surface area (Å²) in [6.45, 7) is 4.96. The highest BCUT2D eigenvalue weighted by molar-refractivity contribution is 7.80. The number of hydrazone groups is 1. The van der Waals surface area contributed by atoms with Gasteiger partial charge in [0.15, 0.2) is 5.11 Å². The van der Waals surface area contributed by atoms with Crippen molar-refractivity contribution in [1.82, 2.24) is 15.7 Å². The molecule has 2 N–H and O–H groups in total. The van der Waals surface area contributed by atoms with Gasteiger partial charge in [0.1, 0.15) is 0 Å². The van der Waals surface area contributed by atoms with Gasteiger partial charge in [0.2, 0.25) is 0 Å². The fraction of sp³-hybridized carbons (Fsp3) is 0.462. The molecule has 0 aliphatic heterocycles. The highest BCUT2D eigenvalue weighted by Gasteiger charge is 1.98. The van der Waals surface area contributed by atoms with E-state index in [1.807, 2.05) is 25.1 Å². The number of hydrogen-bond donors (Lipinski definition) is 2. The molecule has 5 heteroatoms. The highest BCUT2D eigenvalue weighted by Crippen LogP contribution is 1.95. The molecule has 1 rings (SSSR count). The predicted octanol–water partition coefficient (Wildman–Crippen LogP) is 2.46. The quantitative estimate of drug-likeness (QED) is 0.359. The molecule has 1 aromatic rings. The minimum atomic E-state index is 0.557. The lowest BCUT2D eigenvalue weighted by molar-refractivity contribution is 0.691. The van der Waals surface area contributed by atoms with Gasteiger partial charge in [-0.2, -0.15) is 5.10 Å². The maximum atomic E-state index is 5.12. The van der Waals surface area contributed by atoms with Crippen molar-refractivity contribution < 1.29 is 0 Å². The maximum Gasteiger partial charge on any atom is 0.186 e. The predicted molar refractivity (Wildman–Crippen MR) is 79.7 cm³/mol. The van der Waals surface area contributed by atoms with Crippen molar-refractivity contribution in [3.63, 3.8) is 0 Å². The Balaban J connectivity index is 2.32. The van der Waals surface area contributed by atoms with Gasteiger partial charge < -0.3 is 5.32 Å². The van der Waals surface area contributed by atoms with Crippen LogP contribution in [-0.4, -0.2) is 22.4 Å². The van der Waals surface area contributed by atoms with Crippen LogP contribution in [0.3, 0.4) is 0 Å². The number of hydrogen-bond acceptors (Lipinski definition) is 3. The molecule has 98 valence electrons. The van der Waals surface area contributed by atoms with E-state index in [-0.39, 0.29) is 0 Å². The fourth-order valence-corrected chi connectivity index (χ4v) is 1.53. The van der Waals surface area contributed by atoms with E-state index in [0.717, 1.165) is 24.4 Å². The van der Waals surface area contributed by atoms with Crippen LogP contribution in [0.4, 0.5) is 0 Å². The van der Waals surface area contributed by atoms with Crippen molar-refractivity contribution in [2.45, 2.75) is 33.1 Å². The fourth-order valence-electron chi connectivity index (χ4n) is 1.39. The summed E-state index contributed by atoms with van der Waals surface area (Å²) >= 11 is 5.12. The number of unbranched alkanes of at least 4 members (excludes halogenated alkanes) is 2. The zero-order chi connectivity index (χ0) is 13.2. The molecule has 0 aliphatic rings. The summed E-state index contributed by atoms with van der Waals surface area (Å²) in [7, 11) is 0. The van der Waals surface area contributed by atoms with E-state index < -0.39 is 0 Å². The smallest absolute Gasteiger partial charge is 0.186 e. The van der Waals surface area contributed by atoms with Crippen LogP contribution >= 0.6 is 12.2 Å². The first-order valence-electron chi connectivity index (χ1n) is 6.23. The van der Waals surface area contributed by atoms with Gasteiger partial charge in [-0.25, -0.2) is 0 Å². The Morgan fingerprint density at radius 1 is 1.39 bits per heavy atom. The second kappa shape index (κ2) is 8.58. The van der Waals surface area contributed by atoms with E-state index in [0.29, 0.717) is 5.11 Å². The third-order valence-corrected chi connectivity index (χ3v) is 2.66. The normalized spacial score (nSPS) is 11.1. The first-order valence-corrected chi connectivity index (χ1v) is 6.64. The van der Waals surface area contributed by atoms with Crippen LogP contribution in [0.5, 0.6) is 0 Å². The van der Waals surface area contributed by atoms with Crippen molar-refractivity contribution in [3.05, 3.63) is 30.1 Å². The largest absolute Gasteiger partial charge is 0.361 e. The molecule has 0 atom stereocenters. The lowest BCUT2D eigenvalue weighted by Crippen LogP contribution is -2.33. The Labute approximate surface area is 114 Å². The monoisotopic (exact) mass is 264 g/mol. The minimum Gasteiger partial charge on any atom is -0.361 e. The summed E-state index contributed by atoms with van der Waals surface area (Å²) in [5, 5.41) is 7.87. The average molecular weight is 264 g/mol. The maximum absolute atomic E-state index is 5.12. The third kappa shape index (κ3) is 5.72. The van der Waals surface area contributed by atoms with Crippen molar-refractivity contribution in [3.8, 4) is 0 Å². The molecule has 0 unspecified atom stereocenters. The number of pyridine rings is 1. The van der Waals surface area contributed by atoms with Crippen LogP contribution in [0.2, 0.25) is 0 Å². The Bertz CT molecular complexity index is 389. The molecule has 4 nitrogen and oxygen atoms in total. The van der Waals surface area contributed by atoms with Crippen LogP contribution in [-0.2, 0) is 0 Å². The Hall–Kier alpha value is -1.49. The SMILES string of the molecule is CCCCCNC(=S)N/N=C(\C)c1ccccn1. The van der Waals surface area contributed by atoms with Gasteiger partial charge in [-0.3, -0.25) is 10.4 Å². The van der Waals surface area contributed by atoms with Crippen LogP contribution in [0, 0.1) is 0 Å². The third-order valence-electron chi connectivity index (χ3n) is 2.43. The van der Waals surface area contributed by atoms with Crippen molar-refractivity contribution in [2.24, 2.45) is 5.10 Å².